The third-order valence-corrected chi connectivity index (χ3v) is 4.64. The smallest absolute Gasteiger partial charge is 0.266 e. The lowest BCUT2D eigenvalue weighted by Crippen LogP contribution is -2.85. The zero-order valence-corrected chi connectivity index (χ0v) is 15.2. The summed E-state index contributed by atoms with van der Waals surface area (Å²) >= 11 is 0. The van der Waals surface area contributed by atoms with Crippen LogP contribution in [0.2, 0.25) is 0 Å². The van der Waals surface area contributed by atoms with Crippen LogP contribution in [0.4, 0.5) is 0 Å². The summed E-state index contributed by atoms with van der Waals surface area (Å²) in [7, 11) is 0. The quantitative estimate of drug-likeness (QED) is 0.703. The van der Waals surface area contributed by atoms with Crippen molar-refractivity contribution in [1.82, 2.24) is 9.55 Å². The monoisotopic (exact) mass is 336 g/mol. The number of hydrogen-bond acceptors (Lipinski definition) is 2. The molecular weight excluding hydrogens is 310 g/mol. The number of quaternary nitrogens is 1. The van der Waals surface area contributed by atoms with Gasteiger partial charge >= 0.3 is 0 Å². The lowest BCUT2D eigenvalue weighted by Gasteiger charge is -2.18. The van der Waals surface area contributed by atoms with Crippen molar-refractivity contribution in [1.29, 1.82) is 0 Å². The minimum absolute atomic E-state index is 0.00522. The Kier molecular flexibility index (Phi) is 5.29. The van der Waals surface area contributed by atoms with Crippen molar-refractivity contribution < 1.29 is 5.32 Å². The van der Waals surface area contributed by atoms with Crippen LogP contribution in [0.1, 0.15) is 44.1 Å². The molecule has 4 nitrogen and oxygen atoms in total. The SMILES string of the molecule is CCCC[NH2+][C@@H](C)c1nc2ccccc2c(=O)n1-c1ccccc1C. The van der Waals surface area contributed by atoms with E-state index in [4.69, 9.17) is 4.98 Å². The summed E-state index contributed by atoms with van der Waals surface area (Å²) in [6, 6.07) is 15.7. The second kappa shape index (κ2) is 7.62. The number of para-hydroxylation sites is 2. The van der Waals surface area contributed by atoms with Crippen molar-refractivity contribution in [3.8, 4) is 5.69 Å². The van der Waals surface area contributed by atoms with E-state index in [0.717, 1.165) is 35.6 Å². The molecule has 0 saturated carbocycles. The van der Waals surface area contributed by atoms with E-state index in [1.165, 1.54) is 6.42 Å². The fourth-order valence-electron chi connectivity index (χ4n) is 3.18. The fourth-order valence-corrected chi connectivity index (χ4v) is 3.18. The van der Waals surface area contributed by atoms with Crippen molar-refractivity contribution in [2.45, 2.75) is 39.7 Å². The second-order valence-electron chi connectivity index (χ2n) is 6.58. The van der Waals surface area contributed by atoms with Gasteiger partial charge in [0.15, 0.2) is 5.82 Å². The highest BCUT2D eigenvalue weighted by atomic mass is 16.1. The van der Waals surface area contributed by atoms with Crippen LogP contribution in [0.3, 0.4) is 0 Å². The Morgan fingerprint density at radius 1 is 1.12 bits per heavy atom. The van der Waals surface area contributed by atoms with Crippen molar-refractivity contribution in [2.24, 2.45) is 0 Å². The number of fused-ring (bicyclic) bond motifs is 1. The number of hydrogen-bond donors (Lipinski definition) is 1. The van der Waals surface area contributed by atoms with Crippen LogP contribution in [0.5, 0.6) is 0 Å². The molecule has 25 heavy (non-hydrogen) atoms. The number of aromatic nitrogens is 2. The fraction of sp³-hybridized carbons (Fsp3) is 0.333. The van der Waals surface area contributed by atoms with Crippen LogP contribution in [-0.4, -0.2) is 16.1 Å². The minimum Gasteiger partial charge on any atom is -0.338 e. The highest BCUT2D eigenvalue weighted by Crippen LogP contribution is 2.18. The Balaban J connectivity index is 2.21. The highest BCUT2D eigenvalue weighted by molar-refractivity contribution is 5.78. The van der Waals surface area contributed by atoms with Crippen LogP contribution in [-0.2, 0) is 0 Å². The van der Waals surface area contributed by atoms with Crippen LogP contribution >= 0.6 is 0 Å². The van der Waals surface area contributed by atoms with Gasteiger partial charge in [-0.15, -0.1) is 0 Å². The maximum atomic E-state index is 13.2. The number of rotatable bonds is 6. The van der Waals surface area contributed by atoms with Crippen LogP contribution in [0.25, 0.3) is 16.6 Å². The zero-order chi connectivity index (χ0) is 17.8. The summed E-state index contributed by atoms with van der Waals surface area (Å²) in [5.74, 6) is 0.814. The average molecular weight is 336 g/mol. The molecule has 0 radical (unpaired) electrons. The number of aryl methyl sites for hydroxylation is 1. The molecule has 1 aromatic heterocycles. The second-order valence-corrected chi connectivity index (χ2v) is 6.58. The number of unbranched alkanes of at least 4 members (excludes halogenated alkanes) is 1. The molecule has 0 aliphatic carbocycles. The first-order chi connectivity index (χ1) is 12.1. The van der Waals surface area contributed by atoms with Crippen LogP contribution < -0.4 is 10.9 Å². The summed E-state index contributed by atoms with van der Waals surface area (Å²) in [5, 5.41) is 2.93. The highest BCUT2D eigenvalue weighted by Gasteiger charge is 2.20. The van der Waals surface area contributed by atoms with Gasteiger partial charge in [-0.25, -0.2) is 4.98 Å². The topological polar surface area (TPSA) is 51.5 Å². The number of nitrogens with zero attached hydrogens (tertiary/aromatic N) is 2. The standard InChI is InChI=1S/C21H25N3O/c1-4-5-14-22-16(3)20-23-18-12-8-7-11-17(18)21(25)24(20)19-13-9-6-10-15(19)2/h6-13,16,22H,4-5,14H2,1-3H3/p+1/t16-/m0/s1. The molecule has 1 atom stereocenters. The van der Waals surface area contributed by atoms with Crippen LogP contribution in [0, 0.1) is 6.92 Å². The zero-order valence-electron chi connectivity index (χ0n) is 15.2. The van der Waals surface area contributed by atoms with Gasteiger partial charge in [0.25, 0.3) is 5.56 Å². The summed E-state index contributed by atoms with van der Waals surface area (Å²) in [6.07, 6.45) is 2.32. The van der Waals surface area contributed by atoms with Crippen molar-refractivity contribution in [2.75, 3.05) is 6.54 Å². The van der Waals surface area contributed by atoms with Gasteiger partial charge in [-0.3, -0.25) is 9.36 Å². The van der Waals surface area contributed by atoms with E-state index in [2.05, 4.69) is 19.2 Å². The van der Waals surface area contributed by atoms with Gasteiger partial charge in [0.1, 0.15) is 6.04 Å². The third kappa shape index (κ3) is 3.49. The first kappa shape index (κ1) is 17.4. The van der Waals surface area contributed by atoms with Crippen molar-refractivity contribution in [3.63, 3.8) is 0 Å². The Bertz CT molecular complexity index is 930. The minimum atomic E-state index is 0.00522. The molecule has 0 amide bonds. The van der Waals surface area contributed by atoms with E-state index >= 15 is 0 Å². The molecule has 4 heteroatoms. The van der Waals surface area contributed by atoms with Gasteiger partial charge in [0, 0.05) is 0 Å². The third-order valence-electron chi connectivity index (χ3n) is 4.64. The van der Waals surface area contributed by atoms with Gasteiger partial charge in [0.05, 0.1) is 23.1 Å². The van der Waals surface area contributed by atoms with E-state index < -0.39 is 0 Å². The molecule has 0 aliphatic rings. The summed E-state index contributed by atoms with van der Waals surface area (Å²) in [6.45, 7) is 7.39. The molecule has 0 aliphatic heterocycles. The molecule has 0 unspecified atom stereocenters. The molecule has 0 saturated heterocycles. The Hall–Kier alpha value is -2.46. The van der Waals surface area contributed by atoms with Crippen molar-refractivity contribution in [3.05, 3.63) is 70.3 Å². The van der Waals surface area contributed by atoms with Crippen molar-refractivity contribution >= 4 is 10.9 Å². The average Bonchev–Trinajstić information content (AvgIpc) is 2.63. The van der Waals surface area contributed by atoms with Gasteiger partial charge in [-0.05, 0) is 44.0 Å². The molecule has 2 N–H and O–H groups in total. The molecule has 2 aromatic carbocycles. The molecule has 3 rings (SSSR count). The predicted octanol–water partition coefficient (Wildman–Crippen LogP) is 3.12. The number of nitrogens with two attached hydrogens (primary N) is 1. The lowest BCUT2D eigenvalue weighted by molar-refractivity contribution is -0.694. The van der Waals surface area contributed by atoms with E-state index in [1.54, 1.807) is 4.57 Å². The first-order valence-electron chi connectivity index (χ1n) is 9.04. The summed E-state index contributed by atoms with van der Waals surface area (Å²) in [5.41, 5.74) is 2.76. The maximum absolute atomic E-state index is 13.2. The molecule has 0 bridgehead atoms. The van der Waals surface area contributed by atoms with E-state index in [-0.39, 0.29) is 11.6 Å². The lowest BCUT2D eigenvalue weighted by atomic mass is 10.1. The maximum Gasteiger partial charge on any atom is 0.266 e. The van der Waals surface area contributed by atoms with E-state index in [1.807, 2.05) is 55.5 Å². The molecular formula is C21H26N3O+. The predicted molar refractivity (Wildman–Crippen MR) is 102 cm³/mol. The normalized spacial score (nSPS) is 12.4. The Morgan fingerprint density at radius 3 is 2.60 bits per heavy atom. The molecule has 1 heterocycles. The van der Waals surface area contributed by atoms with Gasteiger partial charge in [-0.2, -0.15) is 0 Å². The van der Waals surface area contributed by atoms with E-state index in [0.29, 0.717) is 5.39 Å². The van der Waals surface area contributed by atoms with Gasteiger partial charge < -0.3 is 5.32 Å². The van der Waals surface area contributed by atoms with Crippen LogP contribution in [0.15, 0.2) is 53.3 Å². The Labute approximate surface area is 148 Å². The van der Waals surface area contributed by atoms with Gasteiger partial charge in [-0.1, -0.05) is 43.7 Å². The molecule has 0 fully saturated rings. The first-order valence-corrected chi connectivity index (χ1v) is 9.04. The molecule has 0 spiro atoms. The molecule has 130 valence electrons. The summed E-state index contributed by atoms with van der Waals surface area (Å²) < 4.78 is 1.80. The van der Waals surface area contributed by atoms with E-state index in [9.17, 15) is 4.79 Å². The summed E-state index contributed by atoms with van der Waals surface area (Å²) in [4.78, 5) is 18.1. The number of benzene rings is 2. The van der Waals surface area contributed by atoms with Gasteiger partial charge in [0.2, 0.25) is 0 Å². The Morgan fingerprint density at radius 2 is 1.84 bits per heavy atom. The largest absolute Gasteiger partial charge is 0.338 e. The molecule has 3 aromatic rings.